The average molecular weight is 508 g/mol. The van der Waals surface area contributed by atoms with Crippen LogP contribution in [0, 0.1) is 10.1 Å². The van der Waals surface area contributed by atoms with Crippen LogP contribution in [0.25, 0.3) is 0 Å². The molecule has 166 valence electrons. The van der Waals surface area contributed by atoms with Crippen LogP contribution in [0.4, 0.5) is 5.69 Å². The van der Waals surface area contributed by atoms with Crippen LogP contribution in [0.15, 0.2) is 53.0 Å². The molecule has 0 spiro atoms. The first kappa shape index (κ1) is 24.9. The van der Waals surface area contributed by atoms with E-state index in [9.17, 15) is 19.7 Å². The summed E-state index contributed by atoms with van der Waals surface area (Å²) in [6, 6.07) is 13.3. The van der Waals surface area contributed by atoms with Gasteiger partial charge in [0.05, 0.1) is 10.7 Å². The van der Waals surface area contributed by atoms with E-state index in [4.69, 9.17) is 0 Å². The molecule has 7 nitrogen and oxygen atoms in total. The van der Waals surface area contributed by atoms with Gasteiger partial charge in [-0.2, -0.15) is 0 Å². The highest BCUT2D eigenvalue weighted by atomic mass is 79.9. The smallest absolute Gasteiger partial charge is 0.269 e. The summed E-state index contributed by atoms with van der Waals surface area (Å²) in [6.07, 6.45) is 0. The Hall–Kier alpha value is -2.39. The fourth-order valence-electron chi connectivity index (χ4n) is 2.83. The minimum atomic E-state index is -0.612. The largest absolute Gasteiger partial charge is 0.352 e. The van der Waals surface area contributed by atoms with Crippen molar-refractivity contribution in [2.45, 2.75) is 45.2 Å². The third-order valence-corrected chi connectivity index (χ3v) is 6.02. The summed E-state index contributed by atoms with van der Waals surface area (Å²) < 4.78 is 0.943. The number of nitrogens with one attached hydrogen (secondary N) is 1. The molecule has 2 amide bonds. The third kappa shape index (κ3) is 7.99. The van der Waals surface area contributed by atoms with Gasteiger partial charge in [0.1, 0.15) is 6.04 Å². The van der Waals surface area contributed by atoms with Crippen molar-refractivity contribution in [2.24, 2.45) is 0 Å². The van der Waals surface area contributed by atoms with Gasteiger partial charge < -0.3 is 10.2 Å². The number of benzene rings is 2. The van der Waals surface area contributed by atoms with Gasteiger partial charge in [-0.25, -0.2) is 0 Å². The molecule has 0 aliphatic heterocycles. The van der Waals surface area contributed by atoms with Gasteiger partial charge in [-0.05, 0) is 44.0 Å². The zero-order valence-electron chi connectivity index (χ0n) is 17.7. The molecule has 9 heteroatoms. The summed E-state index contributed by atoms with van der Waals surface area (Å²) in [5.41, 5.74) is 1.87. The quantitative estimate of drug-likeness (QED) is 0.376. The standard InChI is InChI=1S/C22H26BrN3O4S/c1-15(2)24-22(28)16(3)25(12-17-4-8-19(23)9-5-17)21(27)14-31-13-18-6-10-20(11-7-18)26(29)30/h4-11,15-16H,12-14H2,1-3H3,(H,24,28)/t16-/m0/s1. The molecule has 0 radical (unpaired) electrons. The van der Waals surface area contributed by atoms with Gasteiger partial charge in [-0.15, -0.1) is 11.8 Å². The Morgan fingerprint density at radius 2 is 1.65 bits per heavy atom. The Balaban J connectivity index is 2.04. The molecule has 2 aromatic carbocycles. The van der Waals surface area contributed by atoms with E-state index in [1.54, 1.807) is 24.0 Å². The summed E-state index contributed by atoms with van der Waals surface area (Å²) in [4.78, 5) is 37.5. The molecule has 0 bridgehead atoms. The van der Waals surface area contributed by atoms with Crippen molar-refractivity contribution < 1.29 is 14.5 Å². The topological polar surface area (TPSA) is 92.6 Å². The zero-order chi connectivity index (χ0) is 23.0. The second kappa shape index (κ2) is 11.9. The molecule has 2 aromatic rings. The van der Waals surface area contributed by atoms with E-state index in [1.165, 1.54) is 23.9 Å². The van der Waals surface area contributed by atoms with Crippen molar-refractivity contribution in [2.75, 3.05) is 5.75 Å². The van der Waals surface area contributed by atoms with Gasteiger partial charge in [-0.3, -0.25) is 19.7 Å². The third-order valence-electron chi connectivity index (χ3n) is 4.51. The van der Waals surface area contributed by atoms with Gasteiger partial charge in [-0.1, -0.05) is 40.2 Å². The fraction of sp³-hybridized carbons (Fsp3) is 0.364. The van der Waals surface area contributed by atoms with E-state index < -0.39 is 11.0 Å². The molecular weight excluding hydrogens is 482 g/mol. The summed E-state index contributed by atoms with van der Waals surface area (Å²) in [6.45, 7) is 5.82. The maximum absolute atomic E-state index is 13.0. The molecule has 2 rings (SSSR count). The van der Waals surface area contributed by atoms with Crippen LogP contribution in [0.5, 0.6) is 0 Å². The number of hydrogen-bond acceptors (Lipinski definition) is 5. The van der Waals surface area contributed by atoms with Gasteiger partial charge in [0, 0.05) is 34.9 Å². The Kier molecular flexibility index (Phi) is 9.51. The van der Waals surface area contributed by atoms with Crippen molar-refractivity contribution in [3.63, 3.8) is 0 Å². The van der Waals surface area contributed by atoms with E-state index in [0.717, 1.165) is 15.6 Å². The highest BCUT2D eigenvalue weighted by molar-refractivity contribution is 9.10. The Bertz CT molecular complexity index is 904. The normalized spacial score (nSPS) is 11.8. The number of carbonyl (C=O) groups excluding carboxylic acids is 2. The fourth-order valence-corrected chi connectivity index (χ4v) is 3.96. The maximum atomic E-state index is 13.0. The van der Waals surface area contributed by atoms with Crippen molar-refractivity contribution in [1.82, 2.24) is 10.2 Å². The van der Waals surface area contributed by atoms with Gasteiger partial charge in [0.15, 0.2) is 0 Å². The molecule has 0 aromatic heterocycles. The number of nitro groups is 1. The molecular formula is C22H26BrN3O4S. The van der Waals surface area contributed by atoms with Crippen molar-refractivity contribution in [3.8, 4) is 0 Å². The molecule has 1 N–H and O–H groups in total. The van der Waals surface area contributed by atoms with Crippen molar-refractivity contribution in [1.29, 1.82) is 0 Å². The molecule has 0 heterocycles. The van der Waals surface area contributed by atoms with Gasteiger partial charge >= 0.3 is 0 Å². The zero-order valence-corrected chi connectivity index (χ0v) is 20.1. The van der Waals surface area contributed by atoms with E-state index in [1.807, 2.05) is 38.1 Å². The summed E-state index contributed by atoms with van der Waals surface area (Å²) in [5.74, 6) is 0.414. The van der Waals surface area contributed by atoms with E-state index >= 15 is 0 Å². The van der Waals surface area contributed by atoms with Crippen LogP contribution in [-0.2, 0) is 21.9 Å². The number of nitrogens with zero attached hydrogens (tertiary/aromatic N) is 2. The predicted octanol–water partition coefficient (Wildman–Crippen LogP) is 4.53. The molecule has 1 atom stereocenters. The maximum Gasteiger partial charge on any atom is 0.269 e. The number of halogens is 1. The van der Waals surface area contributed by atoms with E-state index in [0.29, 0.717) is 12.3 Å². The van der Waals surface area contributed by atoms with Crippen LogP contribution in [0.1, 0.15) is 31.9 Å². The molecule has 31 heavy (non-hydrogen) atoms. The monoisotopic (exact) mass is 507 g/mol. The Labute approximate surface area is 194 Å². The predicted molar refractivity (Wildman–Crippen MR) is 127 cm³/mol. The molecule has 0 saturated carbocycles. The number of non-ortho nitro benzene ring substituents is 1. The van der Waals surface area contributed by atoms with Gasteiger partial charge in [0.25, 0.3) is 5.69 Å². The lowest BCUT2D eigenvalue weighted by Crippen LogP contribution is -2.49. The number of carbonyl (C=O) groups is 2. The number of amides is 2. The average Bonchev–Trinajstić information content (AvgIpc) is 2.72. The number of nitro benzene ring substituents is 1. The molecule has 0 unspecified atom stereocenters. The number of hydrogen-bond donors (Lipinski definition) is 1. The number of thioether (sulfide) groups is 1. The lowest BCUT2D eigenvalue weighted by molar-refractivity contribution is -0.384. The van der Waals surface area contributed by atoms with Crippen molar-refractivity contribution in [3.05, 3.63) is 74.2 Å². The van der Waals surface area contributed by atoms with Crippen LogP contribution >= 0.6 is 27.7 Å². The van der Waals surface area contributed by atoms with Gasteiger partial charge in [0.2, 0.25) is 11.8 Å². The van der Waals surface area contributed by atoms with Crippen LogP contribution < -0.4 is 5.32 Å². The Morgan fingerprint density at radius 1 is 1.06 bits per heavy atom. The van der Waals surface area contributed by atoms with Crippen LogP contribution in [0.3, 0.4) is 0 Å². The first-order chi connectivity index (χ1) is 14.7. The first-order valence-electron chi connectivity index (χ1n) is 9.82. The molecule has 0 saturated heterocycles. The second-order valence-electron chi connectivity index (χ2n) is 7.40. The second-order valence-corrected chi connectivity index (χ2v) is 9.30. The highest BCUT2D eigenvalue weighted by Gasteiger charge is 2.26. The first-order valence-corrected chi connectivity index (χ1v) is 11.8. The lowest BCUT2D eigenvalue weighted by Gasteiger charge is -2.29. The van der Waals surface area contributed by atoms with Crippen molar-refractivity contribution >= 4 is 45.2 Å². The molecule has 0 fully saturated rings. The number of rotatable bonds is 10. The molecule has 0 aliphatic carbocycles. The van der Waals surface area contributed by atoms with E-state index in [-0.39, 0.29) is 29.3 Å². The minimum absolute atomic E-state index is 0.0175. The minimum Gasteiger partial charge on any atom is -0.352 e. The highest BCUT2D eigenvalue weighted by Crippen LogP contribution is 2.19. The molecule has 0 aliphatic rings. The Morgan fingerprint density at radius 3 is 2.19 bits per heavy atom. The van der Waals surface area contributed by atoms with Crippen LogP contribution in [-0.4, -0.2) is 39.5 Å². The van der Waals surface area contributed by atoms with Crippen LogP contribution in [0.2, 0.25) is 0 Å². The SMILES string of the molecule is CC(C)NC(=O)[C@H](C)N(Cc1ccc(Br)cc1)C(=O)CSCc1ccc([N+](=O)[O-])cc1. The summed E-state index contributed by atoms with van der Waals surface area (Å²) >= 11 is 4.82. The summed E-state index contributed by atoms with van der Waals surface area (Å²) in [7, 11) is 0. The lowest BCUT2D eigenvalue weighted by atomic mass is 10.1. The van der Waals surface area contributed by atoms with E-state index in [2.05, 4.69) is 21.2 Å². The summed E-state index contributed by atoms with van der Waals surface area (Å²) in [5, 5.41) is 13.6.